The second kappa shape index (κ2) is 6.89. The fraction of sp³-hybridized carbons (Fsp3) is 0.500. The molecule has 0 aliphatic heterocycles. The summed E-state index contributed by atoms with van der Waals surface area (Å²) in [6.45, 7) is 3.97. The Morgan fingerprint density at radius 3 is 2.40 bits per heavy atom. The fourth-order valence-corrected chi connectivity index (χ4v) is 4.93. The normalized spacial score (nSPS) is 22.5. The topological polar surface area (TPSA) is 54.0 Å². The molecule has 2 N–H and O–H groups in total. The summed E-state index contributed by atoms with van der Waals surface area (Å²) in [5.41, 5.74) is 3.93. The Labute approximate surface area is 153 Å². The molecule has 0 saturated heterocycles. The maximum absolute atomic E-state index is 12.4. The summed E-state index contributed by atoms with van der Waals surface area (Å²) in [5, 5.41) is 8.03. The minimum absolute atomic E-state index is 0.123. The average molecular weight is 356 g/mol. The van der Waals surface area contributed by atoms with Gasteiger partial charge >= 0.3 is 0 Å². The van der Waals surface area contributed by atoms with Crippen LogP contribution in [0.5, 0.6) is 0 Å². The van der Waals surface area contributed by atoms with Crippen molar-refractivity contribution in [3.63, 3.8) is 0 Å². The summed E-state index contributed by atoms with van der Waals surface area (Å²) in [4.78, 5) is 17.9. The molecule has 2 aliphatic carbocycles. The van der Waals surface area contributed by atoms with Crippen LogP contribution in [-0.4, -0.2) is 29.0 Å². The van der Waals surface area contributed by atoms with E-state index in [0.717, 1.165) is 41.3 Å². The molecule has 25 heavy (non-hydrogen) atoms. The Balaban J connectivity index is 1.28. The van der Waals surface area contributed by atoms with Gasteiger partial charge in [0.25, 0.3) is 0 Å². The Morgan fingerprint density at radius 1 is 1.16 bits per heavy atom. The molecule has 2 aliphatic rings. The molecule has 1 heterocycles. The lowest BCUT2D eigenvalue weighted by atomic mass is 9.85. The number of thiazole rings is 1. The molecular formula is C20H25N3OS. The molecule has 1 aromatic carbocycles. The van der Waals surface area contributed by atoms with Crippen molar-refractivity contribution in [2.45, 2.75) is 64.1 Å². The monoisotopic (exact) mass is 355 g/mol. The van der Waals surface area contributed by atoms with E-state index in [1.807, 2.05) is 13.8 Å². The largest absolute Gasteiger partial charge is 0.351 e. The molecule has 4 rings (SSSR count). The molecule has 2 aromatic rings. The van der Waals surface area contributed by atoms with Crippen molar-refractivity contribution >= 4 is 17.2 Å². The summed E-state index contributed by atoms with van der Waals surface area (Å²) in [6, 6.07) is 9.90. The van der Waals surface area contributed by atoms with Gasteiger partial charge in [0.2, 0.25) is 5.91 Å². The third-order valence-corrected chi connectivity index (χ3v) is 6.52. The molecule has 0 bridgehead atoms. The predicted octanol–water partition coefficient (Wildman–Crippen LogP) is 2.71. The van der Waals surface area contributed by atoms with E-state index in [9.17, 15) is 4.79 Å². The average Bonchev–Trinajstić information content (AvgIpc) is 3.11. The number of amides is 1. The number of benzene rings is 1. The lowest BCUT2D eigenvalue weighted by molar-refractivity contribution is -0.122. The molecule has 1 amide bonds. The summed E-state index contributed by atoms with van der Waals surface area (Å²) in [5.74, 6) is 0.123. The second-order valence-corrected chi connectivity index (χ2v) is 8.60. The second-order valence-electron chi connectivity index (χ2n) is 7.32. The summed E-state index contributed by atoms with van der Waals surface area (Å²) >= 11 is 1.63. The van der Waals surface area contributed by atoms with Gasteiger partial charge in [-0.2, -0.15) is 0 Å². The van der Waals surface area contributed by atoms with E-state index in [-0.39, 0.29) is 11.9 Å². The van der Waals surface area contributed by atoms with Crippen LogP contribution < -0.4 is 10.6 Å². The molecule has 1 fully saturated rings. The number of hydrogen-bond donors (Lipinski definition) is 2. The first kappa shape index (κ1) is 16.7. The van der Waals surface area contributed by atoms with Crippen LogP contribution in [0.4, 0.5) is 0 Å². The third kappa shape index (κ3) is 3.62. The third-order valence-electron chi connectivity index (χ3n) is 5.44. The number of rotatable bonds is 5. The Hall–Kier alpha value is -1.72. The molecule has 0 spiro atoms. The van der Waals surface area contributed by atoms with Gasteiger partial charge < -0.3 is 10.6 Å². The first-order valence-electron chi connectivity index (χ1n) is 9.13. The van der Waals surface area contributed by atoms with Crippen LogP contribution in [0.25, 0.3) is 0 Å². The number of nitrogens with zero attached hydrogens (tertiary/aromatic N) is 1. The highest BCUT2D eigenvalue weighted by atomic mass is 32.1. The van der Waals surface area contributed by atoms with Crippen molar-refractivity contribution in [3.05, 3.63) is 51.0 Å². The lowest BCUT2D eigenvalue weighted by Crippen LogP contribution is -2.59. The molecule has 1 aromatic heterocycles. The van der Waals surface area contributed by atoms with E-state index in [1.54, 1.807) is 11.3 Å². The Morgan fingerprint density at radius 2 is 1.84 bits per heavy atom. The number of hydrogen-bond acceptors (Lipinski definition) is 4. The number of aryl methyl sites for hydroxylation is 2. The standard InChI is InChI=1S/C20H25N3OS/c1-12-19(25-13(2)21-12)11-20(24)23-18-8-7-17(18)22-16-9-14-5-3-4-6-15(14)10-16/h3-6,16-18,22H,7-11H2,1-2H3,(H,23,24)/t17-,18+/m0/s1. The zero-order valence-corrected chi connectivity index (χ0v) is 15.7. The zero-order chi connectivity index (χ0) is 17.4. The van der Waals surface area contributed by atoms with Gasteiger partial charge in [-0.1, -0.05) is 24.3 Å². The number of fused-ring (bicyclic) bond motifs is 1. The van der Waals surface area contributed by atoms with Crippen molar-refractivity contribution in [3.8, 4) is 0 Å². The van der Waals surface area contributed by atoms with Crippen molar-refractivity contribution in [2.75, 3.05) is 0 Å². The van der Waals surface area contributed by atoms with Gasteiger partial charge in [-0.3, -0.25) is 4.79 Å². The molecule has 0 radical (unpaired) electrons. The summed E-state index contributed by atoms with van der Waals surface area (Å²) in [7, 11) is 0. The predicted molar refractivity (Wildman–Crippen MR) is 101 cm³/mol. The zero-order valence-electron chi connectivity index (χ0n) is 14.8. The van der Waals surface area contributed by atoms with E-state index < -0.39 is 0 Å². The van der Waals surface area contributed by atoms with Gasteiger partial charge in [0.05, 0.1) is 17.1 Å². The van der Waals surface area contributed by atoms with E-state index in [1.165, 1.54) is 11.1 Å². The maximum Gasteiger partial charge on any atom is 0.225 e. The van der Waals surface area contributed by atoms with Crippen molar-refractivity contribution in [1.82, 2.24) is 15.6 Å². The van der Waals surface area contributed by atoms with E-state index in [0.29, 0.717) is 18.5 Å². The Bertz CT molecular complexity index is 760. The van der Waals surface area contributed by atoms with Crippen molar-refractivity contribution < 1.29 is 4.79 Å². The number of aromatic nitrogens is 1. The molecular weight excluding hydrogens is 330 g/mol. The van der Waals surface area contributed by atoms with Gasteiger partial charge in [-0.15, -0.1) is 11.3 Å². The van der Waals surface area contributed by atoms with Crippen molar-refractivity contribution in [1.29, 1.82) is 0 Å². The SMILES string of the molecule is Cc1nc(C)c(CC(=O)N[C@@H]2CC[C@@H]2NC2Cc3ccccc3C2)s1. The van der Waals surface area contributed by atoms with Crippen LogP contribution in [0.2, 0.25) is 0 Å². The van der Waals surface area contributed by atoms with Crippen molar-refractivity contribution in [2.24, 2.45) is 0 Å². The lowest BCUT2D eigenvalue weighted by Gasteiger charge is -2.39. The van der Waals surface area contributed by atoms with E-state index in [4.69, 9.17) is 0 Å². The number of carbonyl (C=O) groups is 1. The van der Waals surface area contributed by atoms with Gasteiger partial charge in [0.1, 0.15) is 0 Å². The first-order chi connectivity index (χ1) is 12.1. The molecule has 1 saturated carbocycles. The van der Waals surface area contributed by atoms with E-state index >= 15 is 0 Å². The molecule has 132 valence electrons. The van der Waals surface area contributed by atoms with Gasteiger partial charge in [-0.05, 0) is 50.7 Å². The van der Waals surface area contributed by atoms with E-state index in [2.05, 4.69) is 39.9 Å². The maximum atomic E-state index is 12.4. The van der Waals surface area contributed by atoms with Gasteiger partial charge in [0, 0.05) is 23.0 Å². The number of carbonyl (C=O) groups excluding carboxylic acids is 1. The van der Waals surface area contributed by atoms with Crippen LogP contribution in [0.1, 0.15) is 39.5 Å². The highest BCUT2D eigenvalue weighted by Gasteiger charge is 2.34. The van der Waals surface area contributed by atoms with Crippen LogP contribution in [0.15, 0.2) is 24.3 Å². The highest BCUT2D eigenvalue weighted by Crippen LogP contribution is 2.26. The van der Waals surface area contributed by atoms with Gasteiger partial charge in [-0.25, -0.2) is 4.98 Å². The molecule has 5 heteroatoms. The molecule has 0 unspecified atom stereocenters. The summed E-state index contributed by atoms with van der Waals surface area (Å²) < 4.78 is 0. The van der Waals surface area contributed by atoms with Crippen LogP contribution >= 0.6 is 11.3 Å². The minimum Gasteiger partial charge on any atom is -0.351 e. The van der Waals surface area contributed by atoms with Crippen LogP contribution in [0.3, 0.4) is 0 Å². The highest BCUT2D eigenvalue weighted by molar-refractivity contribution is 7.11. The Kier molecular flexibility index (Phi) is 4.61. The smallest absolute Gasteiger partial charge is 0.225 e. The van der Waals surface area contributed by atoms with Crippen LogP contribution in [0, 0.1) is 13.8 Å². The van der Waals surface area contributed by atoms with Gasteiger partial charge in [0.15, 0.2) is 0 Å². The fourth-order valence-electron chi connectivity index (χ4n) is 3.99. The first-order valence-corrected chi connectivity index (χ1v) is 9.95. The van der Waals surface area contributed by atoms with Crippen LogP contribution in [-0.2, 0) is 24.1 Å². The quantitative estimate of drug-likeness (QED) is 0.867. The minimum atomic E-state index is 0.123. The summed E-state index contributed by atoms with van der Waals surface area (Å²) in [6.07, 6.45) is 4.88. The molecule has 2 atom stereocenters. The molecule has 4 nitrogen and oxygen atoms in total. The number of nitrogens with one attached hydrogen (secondary N) is 2.